The maximum atomic E-state index is 12.6. The fourth-order valence-electron chi connectivity index (χ4n) is 5.09. The molecule has 0 aliphatic heterocycles. The number of aliphatic hydroxyl groups excluding tert-OH is 2. The van der Waals surface area contributed by atoms with Gasteiger partial charge in [-0.05, 0) is 51.4 Å². The van der Waals surface area contributed by atoms with Crippen molar-refractivity contribution in [2.24, 2.45) is 0 Å². The lowest BCUT2D eigenvalue weighted by Crippen LogP contribution is -2.29. The number of allylic oxidation sites excluding steroid dienone is 12. The Labute approximate surface area is 322 Å². The van der Waals surface area contributed by atoms with E-state index < -0.39 is 45.8 Å². The summed E-state index contributed by atoms with van der Waals surface area (Å²) in [7, 11) is -4.54. The molecule has 0 aromatic heterocycles. The molecule has 3 atom stereocenters. The van der Waals surface area contributed by atoms with Crippen molar-refractivity contribution in [3.05, 3.63) is 72.9 Å². The van der Waals surface area contributed by atoms with Crippen molar-refractivity contribution in [1.29, 1.82) is 0 Å². The molecule has 9 nitrogen and oxygen atoms in total. The zero-order valence-electron chi connectivity index (χ0n) is 33.2. The molecule has 0 radical (unpaired) electrons. The first-order valence-electron chi connectivity index (χ1n) is 20.4. The van der Waals surface area contributed by atoms with Crippen LogP contribution < -0.4 is 0 Å². The summed E-state index contributed by atoms with van der Waals surface area (Å²) in [5.74, 6) is -0.466. The summed E-state index contributed by atoms with van der Waals surface area (Å²) >= 11 is 0. The fraction of sp³-hybridized carbons (Fsp3) is 0.698. The molecule has 0 amide bonds. The maximum Gasteiger partial charge on any atom is 0.472 e. The van der Waals surface area contributed by atoms with Crippen LogP contribution in [0.15, 0.2) is 72.9 Å². The summed E-state index contributed by atoms with van der Waals surface area (Å²) in [6.07, 6.45) is 45.9. The predicted molar refractivity (Wildman–Crippen MR) is 219 cm³/mol. The Morgan fingerprint density at radius 3 is 1.51 bits per heavy atom. The number of unbranched alkanes of at least 4 members (excludes halogenated alkanes) is 12. The average Bonchev–Trinajstić information content (AvgIpc) is 3.15. The minimum Gasteiger partial charge on any atom is -0.457 e. The third kappa shape index (κ3) is 39.4. The highest BCUT2D eigenvalue weighted by Crippen LogP contribution is 2.43. The minimum atomic E-state index is -4.54. The van der Waals surface area contributed by atoms with Crippen molar-refractivity contribution in [2.45, 2.75) is 161 Å². The van der Waals surface area contributed by atoms with Crippen molar-refractivity contribution in [1.82, 2.24) is 0 Å². The predicted octanol–water partition coefficient (Wildman–Crippen LogP) is 11.0. The Bertz CT molecular complexity index is 1050. The third-order valence-corrected chi connectivity index (χ3v) is 9.12. The summed E-state index contributed by atoms with van der Waals surface area (Å²) < 4.78 is 33.2. The molecule has 0 heterocycles. The smallest absolute Gasteiger partial charge is 0.457 e. The molecule has 0 aromatic carbocycles. The maximum absolute atomic E-state index is 12.6. The van der Waals surface area contributed by atoms with Crippen molar-refractivity contribution in [3.8, 4) is 0 Å². The van der Waals surface area contributed by atoms with Gasteiger partial charge in [-0.25, -0.2) is 4.57 Å². The van der Waals surface area contributed by atoms with Gasteiger partial charge in [-0.1, -0.05) is 164 Å². The zero-order valence-corrected chi connectivity index (χ0v) is 34.1. The zero-order chi connectivity index (χ0) is 38.9. The first-order valence-corrected chi connectivity index (χ1v) is 21.9. The van der Waals surface area contributed by atoms with Crippen LogP contribution in [0.3, 0.4) is 0 Å². The lowest BCUT2D eigenvalue weighted by molar-refractivity contribution is -0.154. The second-order valence-corrected chi connectivity index (χ2v) is 14.7. The number of rotatable bonds is 38. The molecule has 0 saturated heterocycles. The number of ether oxygens (including phenoxy) is 2. The van der Waals surface area contributed by atoms with Gasteiger partial charge in [-0.15, -0.1) is 0 Å². The van der Waals surface area contributed by atoms with Gasteiger partial charge in [0, 0.05) is 13.0 Å². The summed E-state index contributed by atoms with van der Waals surface area (Å²) in [5, 5.41) is 18.3. The number of carbonyl (C=O) groups excluding carboxylic acids is 1. The van der Waals surface area contributed by atoms with Gasteiger partial charge in [0.1, 0.15) is 12.2 Å². The molecule has 0 saturated carbocycles. The molecule has 306 valence electrons. The molecule has 0 fully saturated rings. The standard InChI is InChI=1S/C43H75O9P/c1-3-5-7-9-11-13-15-17-18-19-20-21-22-23-25-27-29-31-33-35-43(46)52-42(40-51-53(47,48)50-38-41(45)37-44)39-49-36-34-32-30-28-26-24-16-14-12-10-8-6-4-2/h5,7,11,13,17-18,20-21,23,25,29,31,41-42,44-45H,3-4,6,8-10,12,14-16,19,22,24,26-28,30,32-40H2,1-2H3,(H,47,48)/b7-5-,13-11-,18-17-,21-20-,25-23-,31-29-. The largest absolute Gasteiger partial charge is 0.472 e. The van der Waals surface area contributed by atoms with E-state index in [1.807, 2.05) is 12.2 Å². The van der Waals surface area contributed by atoms with Crippen molar-refractivity contribution in [2.75, 3.05) is 33.0 Å². The second-order valence-electron chi connectivity index (χ2n) is 13.3. The molecule has 10 heteroatoms. The van der Waals surface area contributed by atoms with E-state index in [4.69, 9.17) is 23.6 Å². The molecule has 0 rings (SSSR count). The second kappa shape index (κ2) is 39.6. The number of phosphoric ester groups is 1. The topological polar surface area (TPSA) is 132 Å². The normalized spacial score (nSPS) is 14.9. The molecule has 0 aliphatic carbocycles. The Hall–Kier alpha value is -2.10. The van der Waals surface area contributed by atoms with E-state index in [-0.39, 0.29) is 13.0 Å². The quantitative estimate of drug-likeness (QED) is 0.0243. The molecular weight excluding hydrogens is 691 g/mol. The van der Waals surface area contributed by atoms with Gasteiger partial charge in [-0.2, -0.15) is 0 Å². The van der Waals surface area contributed by atoms with Gasteiger partial charge in [0.25, 0.3) is 0 Å². The monoisotopic (exact) mass is 767 g/mol. The molecule has 0 aliphatic rings. The first kappa shape index (κ1) is 50.9. The van der Waals surface area contributed by atoms with E-state index in [1.54, 1.807) is 0 Å². The van der Waals surface area contributed by atoms with Crippen LogP contribution in [0, 0.1) is 0 Å². The number of hydrogen-bond acceptors (Lipinski definition) is 8. The molecule has 0 spiro atoms. The molecule has 53 heavy (non-hydrogen) atoms. The van der Waals surface area contributed by atoms with Crippen molar-refractivity contribution >= 4 is 13.8 Å². The number of carbonyl (C=O) groups is 1. The highest BCUT2D eigenvalue weighted by atomic mass is 31.2. The van der Waals surface area contributed by atoms with Crippen LogP contribution in [0.2, 0.25) is 0 Å². The van der Waals surface area contributed by atoms with Crippen LogP contribution in [0.25, 0.3) is 0 Å². The Kier molecular flexibility index (Phi) is 38.0. The Morgan fingerprint density at radius 2 is 1.04 bits per heavy atom. The van der Waals surface area contributed by atoms with Gasteiger partial charge < -0.3 is 24.6 Å². The number of phosphoric acid groups is 1. The Balaban J connectivity index is 4.35. The summed E-state index contributed by atoms with van der Waals surface area (Å²) in [4.78, 5) is 22.5. The van der Waals surface area contributed by atoms with Crippen LogP contribution in [-0.2, 0) is 27.9 Å². The molecule has 0 aromatic rings. The van der Waals surface area contributed by atoms with E-state index in [9.17, 15) is 19.4 Å². The third-order valence-electron chi connectivity index (χ3n) is 8.17. The highest BCUT2D eigenvalue weighted by Gasteiger charge is 2.26. The van der Waals surface area contributed by atoms with E-state index >= 15 is 0 Å². The van der Waals surface area contributed by atoms with Crippen molar-refractivity contribution < 1.29 is 43.0 Å². The van der Waals surface area contributed by atoms with Gasteiger partial charge in [0.15, 0.2) is 0 Å². The van der Waals surface area contributed by atoms with Gasteiger partial charge in [-0.3, -0.25) is 13.8 Å². The van der Waals surface area contributed by atoms with Crippen LogP contribution >= 0.6 is 7.82 Å². The number of esters is 1. The van der Waals surface area contributed by atoms with Gasteiger partial charge >= 0.3 is 13.8 Å². The van der Waals surface area contributed by atoms with E-state index in [0.29, 0.717) is 13.0 Å². The lowest BCUT2D eigenvalue weighted by Gasteiger charge is -2.20. The number of aliphatic hydroxyl groups is 2. The highest BCUT2D eigenvalue weighted by molar-refractivity contribution is 7.47. The minimum absolute atomic E-state index is 0.0170. The summed E-state index contributed by atoms with van der Waals surface area (Å²) in [6, 6.07) is 0. The molecule has 0 bridgehead atoms. The van der Waals surface area contributed by atoms with Gasteiger partial charge in [0.2, 0.25) is 0 Å². The molecule has 3 unspecified atom stereocenters. The SMILES string of the molecule is CC/C=C\C/C=C\C/C=C\C/C=C\C/C=C\C/C=C\CCC(=O)OC(COCCCCCCCCCCCCCCC)COP(=O)(O)OCC(O)CO. The molecular formula is C43H75O9P. The summed E-state index contributed by atoms with van der Waals surface area (Å²) in [6.45, 7) is 3.29. The first-order chi connectivity index (χ1) is 25.8. The van der Waals surface area contributed by atoms with Crippen LogP contribution in [0.5, 0.6) is 0 Å². The molecule has 3 N–H and O–H groups in total. The van der Waals surface area contributed by atoms with Gasteiger partial charge in [0.05, 0.1) is 26.4 Å². The Morgan fingerprint density at radius 1 is 0.604 bits per heavy atom. The summed E-state index contributed by atoms with van der Waals surface area (Å²) in [5.41, 5.74) is 0. The lowest BCUT2D eigenvalue weighted by atomic mass is 10.0. The van der Waals surface area contributed by atoms with Crippen molar-refractivity contribution in [3.63, 3.8) is 0 Å². The van der Waals surface area contributed by atoms with Crippen LogP contribution in [0.1, 0.15) is 149 Å². The van der Waals surface area contributed by atoms with E-state index in [0.717, 1.165) is 57.8 Å². The fourth-order valence-corrected chi connectivity index (χ4v) is 5.88. The average molecular weight is 767 g/mol. The van der Waals surface area contributed by atoms with Crippen LogP contribution in [0.4, 0.5) is 0 Å². The number of hydrogen-bond donors (Lipinski definition) is 3. The van der Waals surface area contributed by atoms with E-state index in [2.05, 4.69) is 74.6 Å². The van der Waals surface area contributed by atoms with E-state index in [1.165, 1.54) is 64.2 Å². The van der Waals surface area contributed by atoms with Crippen LogP contribution in [-0.4, -0.2) is 66.3 Å².